The SMILES string of the molecule is COC(=O)N1Cc2cc(Cl)ccc2C(c2cccnc2OC)C1. The molecule has 2 heterocycles. The predicted octanol–water partition coefficient (Wildman–Crippen LogP) is 3.46. The normalized spacial score (nSPS) is 16.7. The molecule has 0 spiro atoms. The average Bonchev–Trinajstić information content (AvgIpc) is 2.59. The summed E-state index contributed by atoms with van der Waals surface area (Å²) < 4.78 is 10.3. The summed E-state index contributed by atoms with van der Waals surface area (Å²) in [5.41, 5.74) is 3.07. The number of pyridine rings is 1. The zero-order valence-corrected chi connectivity index (χ0v) is 13.7. The van der Waals surface area contributed by atoms with Crippen LogP contribution in [0.15, 0.2) is 36.5 Å². The van der Waals surface area contributed by atoms with E-state index in [1.807, 2.05) is 30.3 Å². The van der Waals surface area contributed by atoms with Crippen molar-refractivity contribution in [2.45, 2.75) is 12.5 Å². The Kier molecular flexibility index (Phi) is 4.39. The summed E-state index contributed by atoms with van der Waals surface area (Å²) in [4.78, 5) is 17.9. The minimum absolute atomic E-state index is 0.0428. The molecule has 0 radical (unpaired) electrons. The predicted molar refractivity (Wildman–Crippen MR) is 86.9 cm³/mol. The summed E-state index contributed by atoms with van der Waals surface area (Å²) in [5, 5.41) is 0.646. The first-order valence-electron chi connectivity index (χ1n) is 7.24. The standard InChI is InChI=1S/C17H17ClN2O3/c1-22-16-14(4-3-7-19-16)15-10-20(17(21)23-2)9-11-8-12(18)5-6-13(11)15/h3-8,15H,9-10H2,1-2H3. The first kappa shape index (κ1) is 15.6. The Labute approximate surface area is 139 Å². The van der Waals surface area contributed by atoms with Crippen molar-refractivity contribution in [1.82, 2.24) is 9.88 Å². The van der Waals surface area contributed by atoms with Gasteiger partial charge in [-0.2, -0.15) is 0 Å². The highest BCUT2D eigenvalue weighted by atomic mass is 35.5. The minimum atomic E-state index is -0.358. The van der Waals surface area contributed by atoms with Gasteiger partial charge in [-0.15, -0.1) is 0 Å². The number of benzene rings is 1. The van der Waals surface area contributed by atoms with E-state index >= 15 is 0 Å². The molecule has 23 heavy (non-hydrogen) atoms. The number of fused-ring (bicyclic) bond motifs is 1. The lowest BCUT2D eigenvalue weighted by atomic mass is 9.85. The largest absolute Gasteiger partial charge is 0.481 e. The van der Waals surface area contributed by atoms with Crippen molar-refractivity contribution in [2.75, 3.05) is 20.8 Å². The number of carbonyl (C=O) groups is 1. The number of methoxy groups -OCH3 is 2. The van der Waals surface area contributed by atoms with Gasteiger partial charge in [-0.3, -0.25) is 0 Å². The molecular weight excluding hydrogens is 316 g/mol. The summed E-state index contributed by atoms with van der Waals surface area (Å²) in [6.45, 7) is 0.977. The average molecular weight is 333 g/mol. The van der Waals surface area contributed by atoms with Gasteiger partial charge in [0, 0.05) is 35.8 Å². The Balaban J connectivity index is 2.09. The van der Waals surface area contributed by atoms with E-state index in [4.69, 9.17) is 21.1 Å². The fourth-order valence-corrected chi connectivity index (χ4v) is 3.21. The highest BCUT2D eigenvalue weighted by molar-refractivity contribution is 6.30. The molecule has 120 valence electrons. The number of amides is 1. The van der Waals surface area contributed by atoms with Gasteiger partial charge < -0.3 is 14.4 Å². The molecule has 5 nitrogen and oxygen atoms in total. The third-order valence-corrected chi connectivity index (χ3v) is 4.28. The quantitative estimate of drug-likeness (QED) is 0.845. The molecule has 0 aliphatic carbocycles. The van der Waals surface area contributed by atoms with Gasteiger partial charge >= 0.3 is 6.09 Å². The first-order chi connectivity index (χ1) is 11.1. The molecule has 1 aliphatic heterocycles. The lowest BCUT2D eigenvalue weighted by molar-refractivity contribution is 0.116. The van der Waals surface area contributed by atoms with E-state index in [9.17, 15) is 4.79 Å². The molecule has 1 aromatic heterocycles. The van der Waals surface area contributed by atoms with Gasteiger partial charge in [0.2, 0.25) is 5.88 Å². The van der Waals surface area contributed by atoms with E-state index in [2.05, 4.69) is 4.98 Å². The molecule has 0 saturated heterocycles. The molecule has 3 rings (SSSR count). The van der Waals surface area contributed by atoms with Gasteiger partial charge in [0.05, 0.1) is 14.2 Å². The van der Waals surface area contributed by atoms with E-state index in [0.29, 0.717) is 24.0 Å². The Hall–Kier alpha value is -2.27. The smallest absolute Gasteiger partial charge is 0.409 e. The van der Waals surface area contributed by atoms with Crippen LogP contribution in [0.25, 0.3) is 0 Å². The van der Waals surface area contributed by atoms with Crippen molar-refractivity contribution in [3.8, 4) is 5.88 Å². The molecular formula is C17H17ClN2O3. The first-order valence-corrected chi connectivity index (χ1v) is 7.62. The zero-order valence-electron chi connectivity index (χ0n) is 13.0. The van der Waals surface area contributed by atoms with Crippen LogP contribution in [0.4, 0.5) is 4.79 Å². The molecule has 0 saturated carbocycles. The monoisotopic (exact) mass is 332 g/mol. The van der Waals surface area contributed by atoms with Gasteiger partial charge in [-0.25, -0.2) is 9.78 Å². The second kappa shape index (κ2) is 6.46. The van der Waals surface area contributed by atoms with Crippen LogP contribution < -0.4 is 4.74 Å². The Bertz CT molecular complexity index is 736. The van der Waals surface area contributed by atoms with Crippen LogP contribution in [0.3, 0.4) is 0 Å². The van der Waals surface area contributed by atoms with E-state index in [1.165, 1.54) is 7.11 Å². The third kappa shape index (κ3) is 2.97. The maximum Gasteiger partial charge on any atom is 0.409 e. The highest BCUT2D eigenvalue weighted by Crippen LogP contribution is 2.37. The summed E-state index contributed by atoms with van der Waals surface area (Å²) in [6.07, 6.45) is 1.33. The zero-order chi connectivity index (χ0) is 16.4. The fourth-order valence-electron chi connectivity index (χ4n) is 3.01. The Morgan fingerprint density at radius 3 is 2.87 bits per heavy atom. The molecule has 0 bridgehead atoms. The second-order valence-corrected chi connectivity index (χ2v) is 5.78. The van der Waals surface area contributed by atoms with Crippen molar-refractivity contribution in [1.29, 1.82) is 0 Å². The summed E-state index contributed by atoms with van der Waals surface area (Å²) in [6, 6.07) is 9.59. The van der Waals surface area contributed by atoms with Crippen molar-refractivity contribution >= 4 is 17.7 Å². The number of aromatic nitrogens is 1. The number of ether oxygens (including phenoxy) is 2. The summed E-state index contributed by atoms with van der Waals surface area (Å²) in [7, 11) is 2.98. The number of rotatable bonds is 2. The summed E-state index contributed by atoms with van der Waals surface area (Å²) in [5.74, 6) is 0.517. The molecule has 1 atom stereocenters. The van der Waals surface area contributed by atoms with E-state index in [-0.39, 0.29) is 12.0 Å². The van der Waals surface area contributed by atoms with E-state index in [0.717, 1.165) is 16.7 Å². The maximum absolute atomic E-state index is 12.0. The Morgan fingerprint density at radius 1 is 1.30 bits per heavy atom. The van der Waals surface area contributed by atoms with Crippen LogP contribution in [0, 0.1) is 0 Å². The topological polar surface area (TPSA) is 51.7 Å². The molecule has 0 fully saturated rings. The molecule has 2 aromatic rings. The Morgan fingerprint density at radius 2 is 2.13 bits per heavy atom. The van der Waals surface area contributed by atoms with Gasteiger partial charge in [0.1, 0.15) is 0 Å². The number of carbonyl (C=O) groups excluding carboxylic acids is 1. The fraction of sp³-hybridized carbons (Fsp3) is 0.294. The van der Waals surface area contributed by atoms with E-state index in [1.54, 1.807) is 18.2 Å². The number of halogens is 1. The van der Waals surface area contributed by atoms with Crippen molar-refractivity contribution in [3.63, 3.8) is 0 Å². The maximum atomic E-state index is 12.0. The highest BCUT2D eigenvalue weighted by Gasteiger charge is 2.31. The molecule has 1 amide bonds. The molecule has 0 N–H and O–H groups in total. The molecule has 1 unspecified atom stereocenters. The van der Waals surface area contributed by atoms with Crippen LogP contribution in [-0.4, -0.2) is 36.7 Å². The molecule has 1 aromatic carbocycles. The lowest BCUT2D eigenvalue weighted by Crippen LogP contribution is -2.38. The molecule has 1 aliphatic rings. The van der Waals surface area contributed by atoms with Gasteiger partial charge in [0.15, 0.2) is 0 Å². The molecule has 6 heteroatoms. The van der Waals surface area contributed by atoms with Gasteiger partial charge in [0.25, 0.3) is 0 Å². The lowest BCUT2D eigenvalue weighted by Gasteiger charge is -2.34. The number of hydrogen-bond acceptors (Lipinski definition) is 4. The van der Waals surface area contributed by atoms with Crippen LogP contribution in [0.5, 0.6) is 5.88 Å². The van der Waals surface area contributed by atoms with Gasteiger partial charge in [-0.1, -0.05) is 23.7 Å². The van der Waals surface area contributed by atoms with Crippen LogP contribution >= 0.6 is 11.6 Å². The van der Waals surface area contributed by atoms with Crippen molar-refractivity contribution in [3.05, 3.63) is 58.2 Å². The van der Waals surface area contributed by atoms with Crippen molar-refractivity contribution < 1.29 is 14.3 Å². The second-order valence-electron chi connectivity index (χ2n) is 5.35. The van der Waals surface area contributed by atoms with Gasteiger partial charge in [-0.05, 0) is 29.3 Å². The minimum Gasteiger partial charge on any atom is -0.481 e. The summed E-state index contributed by atoms with van der Waals surface area (Å²) >= 11 is 6.12. The van der Waals surface area contributed by atoms with Crippen LogP contribution in [-0.2, 0) is 11.3 Å². The number of nitrogens with zero attached hydrogens (tertiary/aromatic N) is 2. The van der Waals surface area contributed by atoms with Crippen LogP contribution in [0.1, 0.15) is 22.6 Å². The number of hydrogen-bond donors (Lipinski definition) is 0. The van der Waals surface area contributed by atoms with Crippen LogP contribution in [0.2, 0.25) is 5.02 Å². The van der Waals surface area contributed by atoms with E-state index < -0.39 is 0 Å². The third-order valence-electron chi connectivity index (χ3n) is 4.05. The van der Waals surface area contributed by atoms with Crippen molar-refractivity contribution in [2.24, 2.45) is 0 Å².